The minimum absolute atomic E-state index is 0.122. The van der Waals surface area contributed by atoms with Gasteiger partial charge in [-0.25, -0.2) is 0 Å². The second-order valence-corrected chi connectivity index (χ2v) is 7.15. The van der Waals surface area contributed by atoms with E-state index < -0.39 is 12.0 Å². The van der Waals surface area contributed by atoms with Gasteiger partial charge in [-0.1, -0.05) is 36.4 Å². The molecule has 4 rings (SSSR count). The van der Waals surface area contributed by atoms with Gasteiger partial charge in [0, 0.05) is 37.8 Å². The Morgan fingerprint density at radius 3 is 2.82 bits per heavy atom. The van der Waals surface area contributed by atoms with E-state index in [2.05, 4.69) is 33.4 Å². The van der Waals surface area contributed by atoms with Crippen molar-refractivity contribution in [1.29, 1.82) is 0 Å². The average Bonchev–Trinajstić information content (AvgIpc) is 2.72. The maximum Gasteiger partial charge on any atom is 0.255 e. The summed E-state index contributed by atoms with van der Waals surface area (Å²) in [6.45, 7) is 2.30. The summed E-state index contributed by atoms with van der Waals surface area (Å²) in [6.07, 6.45) is 1.85. The zero-order valence-corrected chi connectivity index (χ0v) is 15.5. The number of benzene rings is 2. The molecule has 1 aliphatic rings. The first-order valence-corrected chi connectivity index (χ1v) is 9.44. The monoisotopic (exact) mass is 377 g/mol. The molecular formula is C22H23N3O3. The van der Waals surface area contributed by atoms with Crippen LogP contribution in [-0.4, -0.2) is 51.7 Å². The lowest BCUT2D eigenvalue weighted by molar-refractivity contribution is 0.0840. The van der Waals surface area contributed by atoms with Gasteiger partial charge in [-0.05, 0) is 29.7 Å². The third-order valence-electron chi connectivity index (χ3n) is 5.17. The van der Waals surface area contributed by atoms with E-state index in [-0.39, 0.29) is 17.9 Å². The van der Waals surface area contributed by atoms with Crippen LogP contribution in [-0.2, 0) is 13.0 Å². The summed E-state index contributed by atoms with van der Waals surface area (Å²) in [5.74, 6) is -0.564. The number of aliphatic hydroxyl groups is 1. The van der Waals surface area contributed by atoms with Gasteiger partial charge in [0.2, 0.25) is 0 Å². The van der Waals surface area contributed by atoms with Gasteiger partial charge in [0.25, 0.3) is 5.91 Å². The number of aromatic nitrogens is 1. The summed E-state index contributed by atoms with van der Waals surface area (Å²) in [4.78, 5) is 18.8. The fraction of sp³-hybridized carbons (Fsp3) is 0.273. The number of nitrogens with zero attached hydrogens (tertiary/aromatic N) is 2. The molecule has 1 amide bonds. The molecule has 0 saturated heterocycles. The first kappa shape index (κ1) is 18.4. The van der Waals surface area contributed by atoms with Gasteiger partial charge in [-0.3, -0.25) is 14.7 Å². The molecule has 6 nitrogen and oxygen atoms in total. The molecule has 1 aliphatic heterocycles. The Labute approximate surface area is 163 Å². The molecule has 0 aliphatic carbocycles. The molecule has 144 valence electrons. The second-order valence-electron chi connectivity index (χ2n) is 7.15. The number of nitrogens with one attached hydrogen (secondary N) is 1. The number of fused-ring (bicyclic) bond motifs is 2. The Hall–Kier alpha value is -2.96. The van der Waals surface area contributed by atoms with Crippen LogP contribution in [0.5, 0.6) is 5.75 Å². The van der Waals surface area contributed by atoms with Crippen molar-refractivity contribution in [1.82, 2.24) is 15.2 Å². The highest BCUT2D eigenvalue weighted by atomic mass is 16.3. The third kappa shape index (κ3) is 3.83. The van der Waals surface area contributed by atoms with E-state index in [4.69, 9.17) is 0 Å². The quantitative estimate of drug-likeness (QED) is 0.634. The minimum Gasteiger partial charge on any atom is -0.505 e. The number of aromatic hydroxyl groups is 1. The van der Waals surface area contributed by atoms with Gasteiger partial charge in [0.05, 0.1) is 11.7 Å². The van der Waals surface area contributed by atoms with E-state index >= 15 is 0 Å². The lowest BCUT2D eigenvalue weighted by atomic mass is 10.00. The number of pyridine rings is 1. The van der Waals surface area contributed by atoms with Crippen LogP contribution in [0.3, 0.4) is 0 Å². The summed E-state index contributed by atoms with van der Waals surface area (Å²) >= 11 is 0. The molecule has 2 aromatic carbocycles. The second kappa shape index (κ2) is 7.96. The van der Waals surface area contributed by atoms with Crippen molar-refractivity contribution in [2.45, 2.75) is 19.1 Å². The van der Waals surface area contributed by atoms with Crippen LogP contribution in [0.2, 0.25) is 0 Å². The molecule has 1 atom stereocenters. The lowest BCUT2D eigenvalue weighted by Gasteiger charge is -2.30. The van der Waals surface area contributed by atoms with Gasteiger partial charge < -0.3 is 15.5 Å². The van der Waals surface area contributed by atoms with Crippen LogP contribution in [0.25, 0.3) is 10.9 Å². The zero-order valence-electron chi connectivity index (χ0n) is 15.5. The number of phenolic OH excluding ortho intramolecular Hbond substituents is 1. The molecule has 3 aromatic rings. The molecule has 0 bridgehead atoms. The number of hydrogen-bond acceptors (Lipinski definition) is 5. The molecule has 0 saturated carbocycles. The largest absolute Gasteiger partial charge is 0.505 e. The predicted molar refractivity (Wildman–Crippen MR) is 107 cm³/mol. The molecule has 1 unspecified atom stereocenters. The standard InChI is InChI=1S/C22H23N3O3/c26-18(14-25-11-9-15-4-1-2-5-17(15)13-25)12-24-22(28)19-8-7-16-6-3-10-23-20(16)21(19)27/h1-8,10,18,26-27H,9,11-14H2,(H,24,28). The van der Waals surface area contributed by atoms with Crippen molar-refractivity contribution in [3.8, 4) is 5.75 Å². The molecule has 3 N–H and O–H groups in total. The van der Waals surface area contributed by atoms with Crippen LogP contribution in [0.15, 0.2) is 54.7 Å². The molecule has 6 heteroatoms. The molecule has 1 aromatic heterocycles. The smallest absolute Gasteiger partial charge is 0.255 e. The summed E-state index contributed by atoms with van der Waals surface area (Å²) in [7, 11) is 0. The van der Waals surface area contributed by atoms with Crippen LogP contribution in [0, 0.1) is 0 Å². The number of hydrogen-bond donors (Lipinski definition) is 3. The fourth-order valence-electron chi connectivity index (χ4n) is 3.69. The number of rotatable bonds is 5. The topological polar surface area (TPSA) is 85.7 Å². The summed E-state index contributed by atoms with van der Waals surface area (Å²) in [6, 6.07) is 15.3. The van der Waals surface area contributed by atoms with E-state index in [1.807, 2.05) is 12.1 Å². The Morgan fingerprint density at radius 1 is 1.14 bits per heavy atom. The Bertz CT molecular complexity index is 1010. The minimum atomic E-state index is -0.685. The third-order valence-corrected chi connectivity index (χ3v) is 5.17. The molecule has 28 heavy (non-hydrogen) atoms. The van der Waals surface area contributed by atoms with Crippen molar-refractivity contribution >= 4 is 16.8 Å². The average molecular weight is 377 g/mol. The van der Waals surface area contributed by atoms with Crippen LogP contribution in [0.1, 0.15) is 21.5 Å². The van der Waals surface area contributed by atoms with E-state index in [1.165, 1.54) is 11.1 Å². The summed E-state index contributed by atoms with van der Waals surface area (Å²) in [5.41, 5.74) is 3.20. The van der Waals surface area contributed by atoms with Gasteiger partial charge in [0.1, 0.15) is 5.52 Å². The number of phenols is 1. The summed E-state index contributed by atoms with van der Waals surface area (Å²) < 4.78 is 0. The Balaban J connectivity index is 1.34. The summed E-state index contributed by atoms with van der Waals surface area (Å²) in [5, 5.41) is 24.2. The predicted octanol–water partition coefficient (Wildman–Crippen LogP) is 2.09. The van der Waals surface area contributed by atoms with Gasteiger partial charge in [-0.15, -0.1) is 0 Å². The lowest BCUT2D eigenvalue weighted by Crippen LogP contribution is -2.42. The number of carbonyl (C=O) groups excluding carboxylic acids is 1. The Kier molecular flexibility index (Phi) is 5.23. The highest BCUT2D eigenvalue weighted by Gasteiger charge is 2.20. The fourth-order valence-corrected chi connectivity index (χ4v) is 3.69. The molecule has 0 radical (unpaired) electrons. The van der Waals surface area contributed by atoms with Crippen LogP contribution < -0.4 is 5.32 Å². The molecular weight excluding hydrogens is 354 g/mol. The van der Waals surface area contributed by atoms with E-state index in [1.54, 1.807) is 24.4 Å². The van der Waals surface area contributed by atoms with Gasteiger partial charge in [-0.2, -0.15) is 0 Å². The van der Waals surface area contributed by atoms with Crippen molar-refractivity contribution in [3.05, 3.63) is 71.4 Å². The Morgan fingerprint density at radius 2 is 1.96 bits per heavy atom. The van der Waals surface area contributed by atoms with Crippen molar-refractivity contribution in [2.24, 2.45) is 0 Å². The van der Waals surface area contributed by atoms with Crippen LogP contribution >= 0.6 is 0 Å². The zero-order chi connectivity index (χ0) is 19.5. The van der Waals surface area contributed by atoms with E-state index in [0.717, 1.165) is 24.9 Å². The van der Waals surface area contributed by atoms with Crippen molar-refractivity contribution in [3.63, 3.8) is 0 Å². The van der Waals surface area contributed by atoms with Gasteiger partial charge in [0.15, 0.2) is 5.75 Å². The number of β-amino-alcohol motifs (C(OH)–C–C–N with tert-alkyl or cyclic N) is 1. The molecule has 0 spiro atoms. The number of amides is 1. The van der Waals surface area contributed by atoms with Crippen LogP contribution in [0.4, 0.5) is 0 Å². The molecule has 2 heterocycles. The van der Waals surface area contributed by atoms with Crippen molar-refractivity contribution < 1.29 is 15.0 Å². The van der Waals surface area contributed by atoms with E-state index in [9.17, 15) is 15.0 Å². The van der Waals surface area contributed by atoms with Gasteiger partial charge >= 0.3 is 0 Å². The van der Waals surface area contributed by atoms with E-state index in [0.29, 0.717) is 12.1 Å². The molecule has 0 fully saturated rings. The number of carbonyl (C=O) groups is 1. The van der Waals surface area contributed by atoms with Crippen molar-refractivity contribution in [2.75, 3.05) is 19.6 Å². The maximum absolute atomic E-state index is 12.4. The highest BCUT2D eigenvalue weighted by Crippen LogP contribution is 2.26. The maximum atomic E-state index is 12.4. The number of aliphatic hydroxyl groups excluding tert-OH is 1. The highest BCUT2D eigenvalue weighted by molar-refractivity contribution is 6.02. The normalized spacial score (nSPS) is 15.2. The first-order chi connectivity index (χ1) is 13.6. The first-order valence-electron chi connectivity index (χ1n) is 9.44. The SMILES string of the molecule is O=C(NCC(O)CN1CCc2ccccc2C1)c1ccc2cccnc2c1O.